The van der Waals surface area contributed by atoms with Gasteiger partial charge in [0.2, 0.25) is 0 Å². The highest BCUT2D eigenvalue weighted by Gasteiger charge is 2.30. The average molecular weight is 424 g/mol. The molecule has 0 spiro atoms. The maximum absolute atomic E-state index is 12.5. The first-order chi connectivity index (χ1) is 13.8. The smallest absolute Gasteiger partial charge is 0.326 e. The Hall–Kier alpha value is -2.78. The third-order valence-corrected chi connectivity index (χ3v) is 4.63. The van der Waals surface area contributed by atoms with E-state index in [1.54, 1.807) is 12.3 Å². The van der Waals surface area contributed by atoms with Gasteiger partial charge in [0.05, 0.1) is 28.2 Å². The Balaban J connectivity index is 1.63. The van der Waals surface area contributed by atoms with Crippen LogP contribution in [0.25, 0.3) is 5.57 Å². The van der Waals surface area contributed by atoms with Crippen molar-refractivity contribution in [2.45, 2.75) is 19.1 Å². The normalized spacial score (nSPS) is 14.9. The van der Waals surface area contributed by atoms with E-state index < -0.39 is 17.8 Å². The first-order valence-corrected chi connectivity index (χ1v) is 9.06. The summed E-state index contributed by atoms with van der Waals surface area (Å²) in [6, 6.07) is 3.32. The van der Waals surface area contributed by atoms with E-state index in [1.807, 2.05) is 6.08 Å². The number of nitrogens with zero attached hydrogens (tertiary/aromatic N) is 4. The second-order valence-corrected chi connectivity index (χ2v) is 6.72. The first kappa shape index (κ1) is 20.9. The molecule has 0 bridgehead atoms. The lowest BCUT2D eigenvalue weighted by Gasteiger charge is -2.24. The van der Waals surface area contributed by atoms with E-state index in [1.165, 1.54) is 4.90 Å². The third kappa shape index (κ3) is 5.18. The van der Waals surface area contributed by atoms with E-state index in [-0.39, 0.29) is 5.69 Å². The number of hydrogen-bond donors (Lipinski definition) is 1. The molecule has 1 aliphatic rings. The van der Waals surface area contributed by atoms with Crippen LogP contribution in [0.4, 0.5) is 18.0 Å². The standard InChI is InChI=1S/C19H17ClF3N5O/c20-16-7-12(8-24)9-26-17(16)13-3-5-28(6-4-13)18(29)27-11-15-2-1-14(10-25-15)19(21,22)23/h1-3,7,9-11H,4-6,8,24H2. The molecule has 1 aliphatic heterocycles. The van der Waals surface area contributed by atoms with Crippen molar-refractivity contribution in [2.75, 3.05) is 13.1 Å². The van der Waals surface area contributed by atoms with Crippen LogP contribution in [0.2, 0.25) is 5.02 Å². The Morgan fingerprint density at radius 3 is 2.66 bits per heavy atom. The summed E-state index contributed by atoms with van der Waals surface area (Å²) in [4.78, 5) is 25.5. The number of pyridine rings is 2. The number of carbonyl (C=O) groups is 1. The van der Waals surface area contributed by atoms with E-state index in [0.29, 0.717) is 43.0 Å². The number of amides is 2. The van der Waals surface area contributed by atoms with Gasteiger partial charge in [-0.25, -0.2) is 4.79 Å². The molecule has 0 aromatic carbocycles. The van der Waals surface area contributed by atoms with Crippen LogP contribution in [0.3, 0.4) is 0 Å². The molecule has 0 radical (unpaired) electrons. The number of urea groups is 1. The predicted molar refractivity (Wildman–Crippen MR) is 104 cm³/mol. The Kier molecular flexibility index (Phi) is 6.29. The van der Waals surface area contributed by atoms with Gasteiger partial charge in [-0.2, -0.15) is 18.2 Å². The second-order valence-electron chi connectivity index (χ2n) is 6.31. The van der Waals surface area contributed by atoms with E-state index in [4.69, 9.17) is 17.3 Å². The lowest BCUT2D eigenvalue weighted by Crippen LogP contribution is -2.32. The summed E-state index contributed by atoms with van der Waals surface area (Å²) in [5.74, 6) is 0. The van der Waals surface area contributed by atoms with Gasteiger partial charge in [0.1, 0.15) is 0 Å². The number of rotatable bonds is 3. The van der Waals surface area contributed by atoms with E-state index in [2.05, 4.69) is 15.0 Å². The maximum Gasteiger partial charge on any atom is 0.417 e. The van der Waals surface area contributed by atoms with Crippen LogP contribution in [0.15, 0.2) is 41.7 Å². The summed E-state index contributed by atoms with van der Waals surface area (Å²) in [7, 11) is 0. The van der Waals surface area contributed by atoms with Crippen LogP contribution in [0.1, 0.15) is 28.9 Å². The minimum absolute atomic E-state index is 0.163. The Morgan fingerprint density at radius 1 is 1.31 bits per heavy atom. The lowest BCUT2D eigenvalue weighted by atomic mass is 10.0. The minimum Gasteiger partial charge on any atom is -0.326 e. The van der Waals surface area contributed by atoms with Crippen molar-refractivity contribution in [3.8, 4) is 0 Å². The first-order valence-electron chi connectivity index (χ1n) is 8.68. The topological polar surface area (TPSA) is 84.5 Å². The molecule has 10 heteroatoms. The zero-order valence-corrected chi connectivity index (χ0v) is 15.9. The monoisotopic (exact) mass is 423 g/mol. The van der Waals surface area contributed by atoms with Crippen molar-refractivity contribution < 1.29 is 18.0 Å². The van der Waals surface area contributed by atoms with Crippen LogP contribution in [-0.2, 0) is 12.7 Å². The van der Waals surface area contributed by atoms with Crippen molar-refractivity contribution in [2.24, 2.45) is 10.7 Å². The highest BCUT2D eigenvalue weighted by molar-refractivity contribution is 6.32. The molecule has 6 nitrogen and oxygen atoms in total. The summed E-state index contributed by atoms with van der Waals surface area (Å²) in [5.41, 5.74) is 7.29. The Morgan fingerprint density at radius 2 is 2.10 bits per heavy atom. The van der Waals surface area contributed by atoms with Gasteiger partial charge in [0, 0.05) is 32.0 Å². The van der Waals surface area contributed by atoms with Crippen molar-refractivity contribution in [3.05, 3.63) is 64.2 Å². The van der Waals surface area contributed by atoms with Crippen molar-refractivity contribution in [1.29, 1.82) is 0 Å². The van der Waals surface area contributed by atoms with Crippen LogP contribution in [-0.4, -0.2) is 40.2 Å². The fourth-order valence-electron chi connectivity index (χ4n) is 2.74. The molecular weight excluding hydrogens is 407 g/mol. The van der Waals surface area contributed by atoms with Gasteiger partial charge in [-0.05, 0) is 35.8 Å². The number of aromatic nitrogens is 2. The van der Waals surface area contributed by atoms with Gasteiger partial charge in [0.15, 0.2) is 0 Å². The Bertz CT molecular complexity index is 957. The zero-order valence-electron chi connectivity index (χ0n) is 15.2. The molecule has 29 heavy (non-hydrogen) atoms. The molecular formula is C19H17ClF3N5O. The van der Waals surface area contributed by atoms with E-state index in [0.717, 1.165) is 29.5 Å². The summed E-state index contributed by atoms with van der Waals surface area (Å²) < 4.78 is 37.6. The number of carbonyl (C=O) groups excluding carboxylic acids is 1. The summed E-state index contributed by atoms with van der Waals surface area (Å²) >= 11 is 6.26. The zero-order chi connectivity index (χ0) is 21.0. The predicted octanol–water partition coefficient (Wildman–Crippen LogP) is 3.94. The molecule has 2 amide bonds. The van der Waals surface area contributed by atoms with Gasteiger partial charge in [-0.3, -0.25) is 9.97 Å². The molecule has 0 saturated heterocycles. The quantitative estimate of drug-likeness (QED) is 0.758. The number of hydrogen-bond acceptors (Lipinski definition) is 4. The van der Waals surface area contributed by atoms with Gasteiger partial charge < -0.3 is 10.6 Å². The molecule has 0 aliphatic carbocycles. The number of aliphatic imine (C=N–C) groups is 1. The number of nitrogens with two attached hydrogens (primary N) is 1. The van der Waals surface area contributed by atoms with Gasteiger partial charge >= 0.3 is 12.2 Å². The summed E-state index contributed by atoms with van der Waals surface area (Å²) in [5, 5.41) is 0.505. The fraction of sp³-hybridized carbons (Fsp3) is 0.263. The van der Waals surface area contributed by atoms with Crippen molar-refractivity contribution in [1.82, 2.24) is 14.9 Å². The highest BCUT2D eigenvalue weighted by atomic mass is 35.5. The molecule has 2 aromatic rings. The minimum atomic E-state index is -4.46. The average Bonchev–Trinajstić information content (AvgIpc) is 2.71. The molecule has 0 atom stereocenters. The van der Waals surface area contributed by atoms with E-state index >= 15 is 0 Å². The van der Waals surface area contributed by atoms with Gasteiger partial charge in [-0.1, -0.05) is 17.7 Å². The summed E-state index contributed by atoms with van der Waals surface area (Å²) in [6.45, 7) is 1.09. The number of halogens is 4. The van der Waals surface area contributed by atoms with Gasteiger partial charge in [0.25, 0.3) is 0 Å². The van der Waals surface area contributed by atoms with Crippen molar-refractivity contribution in [3.63, 3.8) is 0 Å². The molecule has 3 rings (SSSR count). The molecule has 2 N–H and O–H groups in total. The molecule has 0 unspecified atom stereocenters. The molecule has 3 heterocycles. The fourth-order valence-corrected chi connectivity index (χ4v) is 3.05. The largest absolute Gasteiger partial charge is 0.417 e. The third-order valence-electron chi connectivity index (χ3n) is 4.34. The van der Waals surface area contributed by atoms with Crippen LogP contribution in [0, 0.1) is 0 Å². The van der Waals surface area contributed by atoms with Crippen LogP contribution in [0.5, 0.6) is 0 Å². The van der Waals surface area contributed by atoms with Crippen molar-refractivity contribution >= 4 is 29.4 Å². The SMILES string of the molecule is NCc1cnc(C2=CCN(C(=O)N=Cc3ccc(C(F)(F)F)cn3)CC2)c(Cl)c1. The molecule has 152 valence electrons. The van der Waals surface area contributed by atoms with Gasteiger partial charge in [-0.15, -0.1) is 0 Å². The second kappa shape index (κ2) is 8.71. The lowest BCUT2D eigenvalue weighted by molar-refractivity contribution is -0.137. The van der Waals surface area contributed by atoms with Crippen LogP contribution >= 0.6 is 11.6 Å². The van der Waals surface area contributed by atoms with E-state index in [9.17, 15) is 18.0 Å². The maximum atomic E-state index is 12.5. The molecule has 2 aromatic heterocycles. The summed E-state index contributed by atoms with van der Waals surface area (Å²) in [6.07, 6.45) is 1.46. The van der Waals surface area contributed by atoms with Crippen LogP contribution < -0.4 is 5.73 Å². The highest BCUT2D eigenvalue weighted by Crippen LogP contribution is 2.29. The molecule has 0 fully saturated rings. The molecule has 0 saturated carbocycles. The number of alkyl halides is 3. The Labute approximate surface area is 169 Å².